The van der Waals surface area contributed by atoms with Crippen LogP contribution in [0.15, 0.2) is 4.99 Å². The van der Waals surface area contributed by atoms with Gasteiger partial charge in [0.2, 0.25) is 11.9 Å². The van der Waals surface area contributed by atoms with Gasteiger partial charge in [-0.2, -0.15) is 0 Å². The van der Waals surface area contributed by atoms with Crippen LogP contribution in [-0.2, 0) is 19.1 Å². The number of aliphatic imine (C=N–C) groups is 1. The molecule has 0 saturated carbocycles. The molecule has 0 aromatic rings. The summed E-state index contributed by atoms with van der Waals surface area (Å²) < 4.78 is 33.8. The second-order valence-electron chi connectivity index (χ2n) is 8.56. The lowest BCUT2D eigenvalue weighted by atomic mass is 10.1. The third kappa shape index (κ3) is 13.2. The Kier molecular flexibility index (Phi) is 9.85. The van der Waals surface area contributed by atoms with E-state index in [1.54, 1.807) is 20.8 Å². The second kappa shape index (κ2) is 14.0. The van der Waals surface area contributed by atoms with Crippen molar-refractivity contribution in [3.8, 4) is 0 Å². The Balaban J connectivity index is 3.07. The van der Waals surface area contributed by atoms with Crippen molar-refractivity contribution in [3.63, 3.8) is 0 Å². The van der Waals surface area contributed by atoms with Crippen molar-refractivity contribution in [2.45, 2.75) is 97.0 Å². The predicted octanol–water partition coefficient (Wildman–Crippen LogP) is 4.17. The van der Waals surface area contributed by atoms with Crippen LogP contribution in [0.3, 0.4) is 0 Å². The van der Waals surface area contributed by atoms with Crippen molar-refractivity contribution in [3.05, 3.63) is 0 Å². The summed E-state index contributed by atoms with van der Waals surface area (Å²) in [6.07, 6.45) is 8.84. The van der Waals surface area contributed by atoms with Crippen LogP contribution < -0.4 is 5.32 Å². The maximum absolute atomic E-state index is 12.5. The summed E-state index contributed by atoms with van der Waals surface area (Å²) in [5, 5.41) is 2.39. The van der Waals surface area contributed by atoms with Crippen LogP contribution >= 0.6 is 0 Å². The Labute approximate surface area is 185 Å². The van der Waals surface area contributed by atoms with Crippen LogP contribution in [0.1, 0.15) is 95.5 Å². The first kappa shape index (κ1) is 21.1. The van der Waals surface area contributed by atoms with Gasteiger partial charge in [-0.15, -0.1) is 4.99 Å². The third-order valence-corrected chi connectivity index (χ3v) is 4.45. The molecule has 1 aliphatic heterocycles. The van der Waals surface area contributed by atoms with E-state index in [1.807, 2.05) is 0 Å². The Morgan fingerprint density at radius 3 is 2.17 bits per heavy atom. The summed E-state index contributed by atoms with van der Waals surface area (Å²) >= 11 is 0. The van der Waals surface area contributed by atoms with E-state index in [0.29, 0.717) is 17.7 Å². The highest BCUT2D eigenvalue weighted by atomic mass is 16.6. The number of nitrogens with one attached hydrogen (secondary N) is 1. The molecule has 2 amide bonds. The van der Waals surface area contributed by atoms with Gasteiger partial charge < -0.3 is 14.4 Å². The van der Waals surface area contributed by atoms with Crippen LogP contribution in [0.5, 0.6) is 0 Å². The lowest BCUT2D eigenvalue weighted by Crippen LogP contribution is -2.45. The largest absolute Gasteiger partial charge is 0.464 e. The number of carbonyl (C=O) groups excluding carboxylic acids is 3. The van der Waals surface area contributed by atoms with E-state index in [2.05, 4.69) is 10.3 Å². The standard InChI is InChI=1S/C22H39N3O5/c1-22(2,3)30-21(28)24-20-23-18(26)15-13-11-9-7-5-6-8-10-12-14-16-29-19(27)17-25(20)4/h5-17H2,1-4H3,(H,23,24,26,28)/i4D3. The number of likely N-dealkylation sites (N-methyl/N-ethyl adjacent to an activating group) is 1. The molecule has 0 radical (unpaired) electrons. The number of esters is 1. The van der Waals surface area contributed by atoms with Crippen LogP contribution in [0.2, 0.25) is 0 Å². The van der Waals surface area contributed by atoms with Crippen molar-refractivity contribution in [2.24, 2.45) is 4.99 Å². The summed E-state index contributed by atoms with van der Waals surface area (Å²) in [5.41, 5.74) is -0.872. The van der Waals surface area contributed by atoms with Crippen molar-refractivity contribution in [2.75, 3.05) is 20.1 Å². The second-order valence-corrected chi connectivity index (χ2v) is 8.56. The van der Waals surface area contributed by atoms with Crippen molar-refractivity contribution >= 4 is 23.9 Å². The lowest BCUT2D eigenvalue weighted by Gasteiger charge is -2.22. The maximum atomic E-state index is 12.5. The van der Waals surface area contributed by atoms with Crippen LogP contribution in [0.4, 0.5) is 4.79 Å². The van der Waals surface area contributed by atoms with Gasteiger partial charge in [0.15, 0.2) is 0 Å². The Bertz CT molecular complexity index is 675. The molecular weight excluding hydrogens is 386 g/mol. The number of rotatable bonds is 0. The number of cyclic esters (lactones) is 1. The molecule has 0 atom stereocenters. The first-order valence-corrected chi connectivity index (χ1v) is 10.9. The Morgan fingerprint density at radius 2 is 1.60 bits per heavy atom. The molecule has 0 spiro atoms. The normalized spacial score (nSPS) is 23.0. The smallest absolute Gasteiger partial charge is 0.437 e. The first-order valence-electron chi connectivity index (χ1n) is 12.4. The van der Waals surface area contributed by atoms with Crippen molar-refractivity contribution in [1.82, 2.24) is 10.2 Å². The zero-order chi connectivity index (χ0) is 24.9. The number of nitrogens with zero attached hydrogens (tertiary/aromatic N) is 2. The highest BCUT2D eigenvalue weighted by Crippen LogP contribution is 2.12. The zero-order valence-electron chi connectivity index (χ0n) is 21.6. The fourth-order valence-electron chi connectivity index (χ4n) is 2.95. The highest BCUT2D eigenvalue weighted by Gasteiger charge is 2.20. The van der Waals surface area contributed by atoms with Gasteiger partial charge in [-0.05, 0) is 33.6 Å². The molecule has 0 unspecified atom stereocenters. The van der Waals surface area contributed by atoms with Crippen molar-refractivity contribution < 1.29 is 28.0 Å². The molecule has 0 aromatic carbocycles. The number of ether oxygens (including phenoxy) is 2. The first-order chi connectivity index (χ1) is 15.4. The molecule has 0 aromatic heterocycles. The third-order valence-electron chi connectivity index (χ3n) is 4.45. The minimum Gasteiger partial charge on any atom is -0.464 e. The average Bonchev–Trinajstić information content (AvgIpc) is 2.66. The van der Waals surface area contributed by atoms with Gasteiger partial charge in [0.1, 0.15) is 12.1 Å². The summed E-state index contributed by atoms with van der Waals surface area (Å²) in [5.74, 6) is -1.82. The topological polar surface area (TPSA) is 97.3 Å². The monoisotopic (exact) mass is 428 g/mol. The van der Waals surface area contributed by atoms with E-state index in [9.17, 15) is 14.4 Å². The SMILES string of the molecule is [2H]C([2H])([2H])N1CC(=O)OCCCCCCCCCCCCC(=O)N/C1=N/C(=O)OC(C)(C)C. The summed E-state index contributed by atoms with van der Waals surface area (Å²) in [6.45, 7) is 1.53. The van der Waals surface area contributed by atoms with E-state index < -0.39 is 43.1 Å². The molecule has 1 saturated heterocycles. The molecule has 1 N–H and O–H groups in total. The van der Waals surface area contributed by atoms with Gasteiger partial charge >= 0.3 is 12.1 Å². The van der Waals surface area contributed by atoms with Crippen LogP contribution in [0.25, 0.3) is 0 Å². The zero-order valence-corrected chi connectivity index (χ0v) is 18.6. The molecule has 0 bridgehead atoms. The van der Waals surface area contributed by atoms with Crippen LogP contribution in [0, 0.1) is 0 Å². The molecule has 0 aliphatic carbocycles. The van der Waals surface area contributed by atoms with Gasteiger partial charge in [0.05, 0.1) is 6.61 Å². The van der Waals surface area contributed by atoms with E-state index in [-0.39, 0.29) is 13.0 Å². The fourth-order valence-corrected chi connectivity index (χ4v) is 2.95. The number of guanidine groups is 1. The molecule has 8 heteroatoms. The molecule has 172 valence electrons. The van der Waals surface area contributed by atoms with E-state index >= 15 is 0 Å². The number of hydrogen-bond acceptors (Lipinski definition) is 5. The summed E-state index contributed by atoms with van der Waals surface area (Å²) in [4.78, 5) is 41.3. The highest BCUT2D eigenvalue weighted by molar-refractivity contribution is 6.01. The Hall–Kier alpha value is -2.12. The summed E-state index contributed by atoms with van der Waals surface area (Å²) in [7, 11) is 0. The number of hydrogen-bond donors (Lipinski definition) is 1. The van der Waals surface area contributed by atoms with Gasteiger partial charge in [-0.3, -0.25) is 14.9 Å². The average molecular weight is 429 g/mol. The summed E-state index contributed by atoms with van der Waals surface area (Å²) in [6, 6.07) is 0. The van der Waals surface area contributed by atoms with E-state index in [4.69, 9.17) is 13.6 Å². The molecule has 30 heavy (non-hydrogen) atoms. The number of carbonyl (C=O) groups is 3. The lowest BCUT2D eigenvalue weighted by molar-refractivity contribution is -0.144. The van der Waals surface area contributed by atoms with E-state index in [1.165, 1.54) is 0 Å². The van der Waals surface area contributed by atoms with Crippen LogP contribution in [-0.4, -0.2) is 54.6 Å². The molecule has 1 heterocycles. The van der Waals surface area contributed by atoms with Gasteiger partial charge in [-0.1, -0.05) is 51.4 Å². The minimum absolute atomic E-state index is 0.145. The predicted molar refractivity (Wildman–Crippen MR) is 116 cm³/mol. The fraction of sp³-hybridized carbons (Fsp3) is 0.818. The number of amides is 2. The molecule has 1 aliphatic rings. The van der Waals surface area contributed by atoms with Crippen molar-refractivity contribution in [1.29, 1.82) is 0 Å². The van der Waals surface area contributed by atoms with Gasteiger partial charge in [0.25, 0.3) is 0 Å². The molecule has 8 nitrogen and oxygen atoms in total. The quantitative estimate of drug-likeness (QED) is 0.582. The van der Waals surface area contributed by atoms with E-state index in [0.717, 1.165) is 51.4 Å². The minimum atomic E-state index is -2.86. The molecule has 1 rings (SSSR count). The van der Waals surface area contributed by atoms with Gasteiger partial charge in [0, 0.05) is 17.5 Å². The maximum Gasteiger partial charge on any atom is 0.437 e. The molecular formula is C22H39N3O5. The molecule has 1 fully saturated rings. The Morgan fingerprint density at radius 1 is 1.03 bits per heavy atom. The van der Waals surface area contributed by atoms with Gasteiger partial charge in [-0.25, -0.2) is 4.79 Å².